The Labute approximate surface area is 122 Å². The quantitative estimate of drug-likeness (QED) is 0.940. The van der Waals surface area contributed by atoms with Gasteiger partial charge in [-0.25, -0.2) is 4.79 Å². The fraction of sp³-hybridized carbons (Fsp3) is 0.188. The summed E-state index contributed by atoms with van der Waals surface area (Å²) < 4.78 is 15.8. The smallest absolute Gasteiger partial charge is 0.413 e. The number of carbonyl (C=O) groups excluding carboxylic acids is 1. The average Bonchev–Trinajstić information content (AvgIpc) is 2.95. The molecule has 21 heavy (non-hydrogen) atoms. The maximum absolute atomic E-state index is 11.8. The number of ether oxygens (including phenoxy) is 3. The van der Waals surface area contributed by atoms with Gasteiger partial charge in [-0.05, 0) is 36.8 Å². The minimum Gasteiger partial charge on any atom is -0.454 e. The Balaban J connectivity index is 1.63. The van der Waals surface area contributed by atoms with Crippen LogP contribution in [0.15, 0.2) is 48.5 Å². The van der Waals surface area contributed by atoms with Crippen LogP contribution in [0.2, 0.25) is 0 Å². The summed E-state index contributed by atoms with van der Waals surface area (Å²) in [6.45, 7) is 2.11. The van der Waals surface area contributed by atoms with E-state index in [1.165, 1.54) is 0 Å². The van der Waals surface area contributed by atoms with Crippen LogP contribution >= 0.6 is 0 Å². The molecule has 1 unspecified atom stereocenters. The van der Waals surface area contributed by atoms with E-state index >= 15 is 0 Å². The highest BCUT2D eigenvalue weighted by atomic mass is 16.7. The summed E-state index contributed by atoms with van der Waals surface area (Å²) in [5, 5.41) is 2.78. The molecule has 1 aliphatic rings. The predicted molar refractivity (Wildman–Crippen MR) is 76.6 cm³/mol. The maximum Gasteiger partial charge on any atom is 0.413 e. The van der Waals surface area contributed by atoms with Gasteiger partial charge in [0.2, 0.25) is 6.79 Å². The molecule has 5 nitrogen and oxygen atoms in total. The van der Waals surface area contributed by atoms with Crippen molar-refractivity contribution in [3.05, 3.63) is 54.1 Å². The highest BCUT2D eigenvalue weighted by Crippen LogP contribution is 2.34. The van der Waals surface area contributed by atoms with Gasteiger partial charge in [0.25, 0.3) is 0 Å². The van der Waals surface area contributed by atoms with Crippen LogP contribution in [-0.4, -0.2) is 12.9 Å². The van der Waals surface area contributed by atoms with Crippen molar-refractivity contribution >= 4 is 6.09 Å². The largest absolute Gasteiger partial charge is 0.454 e. The zero-order valence-electron chi connectivity index (χ0n) is 11.5. The van der Waals surface area contributed by atoms with Crippen molar-refractivity contribution in [3.63, 3.8) is 0 Å². The summed E-state index contributed by atoms with van der Waals surface area (Å²) >= 11 is 0. The zero-order valence-corrected chi connectivity index (χ0v) is 11.5. The molecule has 1 atom stereocenters. The predicted octanol–water partition coefficient (Wildman–Crippen LogP) is 3.26. The fourth-order valence-corrected chi connectivity index (χ4v) is 2.07. The van der Waals surface area contributed by atoms with Gasteiger partial charge >= 0.3 is 6.09 Å². The molecule has 0 radical (unpaired) electrons. The summed E-state index contributed by atoms with van der Waals surface area (Å²) in [5.41, 5.74) is 0.921. The van der Waals surface area contributed by atoms with Gasteiger partial charge in [-0.1, -0.05) is 24.3 Å². The Hall–Kier alpha value is -2.69. The van der Waals surface area contributed by atoms with Crippen LogP contribution in [0.3, 0.4) is 0 Å². The molecule has 3 rings (SSSR count). The van der Waals surface area contributed by atoms with E-state index in [0.29, 0.717) is 11.5 Å². The van der Waals surface area contributed by atoms with E-state index < -0.39 is 6.09 Å². The lowest BCUT2D eigenvalue weighted by atomic mass is 10.1. The van der Waals surface area contributed by atoms with Crippen molar-refractivity contribution in [2.75, 3.05) is 6.79 Å². The zero-order chi connectivity index (χ0) is 14.7. The highest BCUT2D eigenvalue weighted by Gasteiger charge is 2.17. The molecule has 1 heterocycles. The second kappa shape index (κ2) is 5.75. The first-order valence-electron chi connectivity index (χ1n) is 6.65. The summed E-state index contributed by atoms with van der Waals surface area (Å²) in [4.78, 5) is 11.8. The van der Waals surface area contributed by atoms with E-state index in [2.05, 4.69) is 5.32 Å². The van der Waals surface area contributed by atoms with Crippen LogP contribution in [0, 0.1) is 0 Å². The average molecular weight is 285 g/mol. The lowest BCUT2D eigenvalue weighted by molar-refractivity contribution is 0.174. The normalized spacial score (nSPS) is 13.6. The third-order valence-corrected chi connectivity index (χ3v) is 3.18. The van der Waals surface area contributed by atoms with E-state index in [9.17, 15) is 4.79 Å². The van der Waals surface area contributed by atoms with Crippen molar-refractivity contribution in [1.29, 1.82) is 0 Å². The lowest BCUT2D eigenvalue weighted by Gasteiger charge is -2.14. The summed E-state index contributed by atoms with van der Waals surface area (Å²) in [6, 6.07) is 14.3. The van der Waals surface area contributed by atoms with Crippen LogP contribution in [0.1, 0.15) is 18.5 Å². The third-order valence-electron chi connectivity index (χ3n) is 3.18. The fourth-order valence-electron chi connectivity index (χ4n) is 2.07. The summed E-state index contributed by atoms with van der Waals surface area (Å²) in [6.07, 6.45) is -0.494. The molecule has 0 saturated carbocycles. The molecule has 0 aliphatic carbocycles. The molecular formula is C16H15NO4. The Bertz CT molecular complexity index is 642. The molecule has 108 valence electrons. The number of nitrogens with one attached hydrogen (secondary N) is 1. The third kappa shape index (κ3) is 3.08. The number of para-hydroxylation sites is 1. The van der Waals surface area contributed by atoms with Crippen molar-refractivity contribution in [1.82, 2.24) is 5.32 Å². The molecule has 0 bridgehead atoms. The minimum atomic E-state index is -0.494. The molecule has 2 aromatic carbocycles. The molecule has 2 aromatic rings. The van der Waals surface area contributed by atoms with Gasteiger partial charge in [0.05, 0.1) is 6.04 Å². The van der Waals surface area contributed by atoms with E-state index in [1.807, 2.05) is 43.3 Å². The van der Waals surface area contributed by atoms with Gasteiger partial charge in [0, 0.05) is 0 Å². The van der Waals surface area contributed by atoms with E-state index in [0.717, 1.165) is 11.3 Å². The molecule has 0 fully saturated rings. The minimum absolute atomic E-state index is 0.198. The van der Waals surface area contributed by atoms with Crippen LogP contribution in [0.5, 0.6) is 17.2 Å². The number of carbonyl (C=O) groups is 1. The molecule has 0 saturated heterocycles. The van der Waals surface area contributed by atoms with Crippen molar-refractivity contribution in [3.8, 4) is 17.2 Å². The topological polar surface area (TPSA) is 56.8 Å². The number of hydrogen-bond donors (Lipinski definition) is 1. The monoisotopic (exact) mass is 285 g/mol. The molecular weight excluding hydrogens is 270 g/mol. The number of benzene rings is 2. The number of amides is 1. The van der Waals surface area contributed by atoms with Crippen molar-refractivity contribution in [2.24, 2.45) is 0 Å². The van der Waals surface area contributed by atoms with E-state index in [4.69, 9.17) is 14.2 Å². The Morgan fingerprint density at radius 1 is 1.14 bits per heavy atom. The molecule has 1 amide bonds. The highest BCUT2D eigenvalue weighted by molar-refractivity contribution is 5.71. The van der Waals surface area contributed by atoms with Crippen LogP contribution in [0.25, 0.3) is 0 Å². The van der Waals surface area contributed by atoms with Gasteiger partial charge in [-0.15, -0.1) is 0 Å². The van der Waals surface area contributed by atoms with Gasteiger partial charge in [0.15, 0.2) is 11.5 Å². The summed E-state index contributed by atoms with van der Waals surface area (Å²) in [7, 11) is 0. The van der Waals surface area contributed by atoms with Gasteiger partial charge < -0.3 is 19.5 Å². The number of hydrogen-bond acceptors (Lipinski definition) is 4. The van der Waals surface area contributed by atoms with E-state index in [-0.39, 0.29) is 12.8 Å². The lowest BCUT2D eigenvalue weighted by Crippen LogP contribution is -2.29. The first-order valence-corrected chi connectivity index (χ1v) is 6.65. The maximum atomic E-state index is 11.8. The first-order chi connectivity index (χ1) is 10.2. The Morgan fingerprint density at radius 3 is 2.71 bits per heavy atom. The van der Waals surface area contributed by atoms with Crippen LogP contribution < -0.4 is 19.5 Å². The molecule has 0 spiro atoms. The number of fused-ring (bicyclic) bond motifs is 1. The molecule has 1 aliphatic heterocycles. The van der Waals surface area contributed by atoms with Crippen molar-refractivity contribution < 1.29 is 19.0 Å². The molecule has 1 N–H and O–H groups in total. The Morgan fingerprint density at radius 2 is 1.90 bits per heavy atom. The Kier molecular flexibility index (Phi) is 3.64. The van der Waals surface area contributed by atoms with Gasteiger partial charge in [0.1, 0.15) is 5.75 Å². The van der Waals surface area contributed by atoms with Crippen LogP contribution in [0.4, 0.5) is 4.79 Å². The standard InChI is InChI=1S/C16H15NO4/c1-11(12-7-8-14-15(9-12)20-10-19-14)17-16(18)21-13-5-3-2-4-6-13/h2-9,11H,10H2,1H3,(H,17,18). The summed E-state index contributed by atoms with van der Waals surface area (Å²) in [5.74, 6) is 1.92. The second-order valence-electron chi connectivity index (χ2n) is 4.68. The first kappa shape index (κ1) is 13.3. The van der Waals surface area contributed by atoms with Crippen LogP contribution in [-0.2, 0) is 0 Å². The van der Waals surface area contributed by atoms with Gasteiger partial charge in [-0.2, -0.15) is 0 Å². The second-order valence-corrected chi connectivity index (χ2v) is 4.68. The molecule has 5 heteroatoms. The van der Waals surface area contributed by atoms with Crippen molar-refractivity contribution in [2.45, 2.75) is 13.0 Å². The number of rotatable bonds is 3. The molecule has 0 aromatic heterocycles. The van der Waals surface area contributed by atoms with E-state index in [1.54, 1.807) is 12.1 Å². The SMILES string of the molecule is CC(NC(=O)Oc1ccccc1)c1ccc2c(c1)OCO2. The van der Waals surface area contributed by atoms with Gasteiger partial charge in [-0.3, -0.25) is 0 Å².